The van der Waals surface area contributed by atoms with Crippen molar-refractivity contribution in [1.82, 2.24) is 0 Å². The molecule has 5 nitrogen and oxygen atoms in total. The average Bonchev–Trinajstić information content (AvgIpc) is 2.67. The van der Waals surface area contributed by atoms with Crippen molar-refractivity contribution in [1.29, 1.82) is 0 Å². The van der Waals surface area contributed by atoms with E-state index in [4.69, 9.17) is 10.3 Å². The summed E-state index contributed by atoms with van der Waals surface area (Å²) in [5.41, 5.74) is 9.82. The highest BCUT2D eigenvalue weighted by molar-refractivity contribution is 5.75. The molecule has 0 saturated carbocycles. The third kappa shape index (κ3) is 1.92. The van der Waals surface area contributed by atoms with E-state index in [1.807, 2.05) is 0 Å². The summed E-state index contributed by atoms with van der Waals surface area (Å²) in [5.74, 6) is 0.777. The normalized spacial score (nSPS) is 17.5. The number of fused-ring (bicyclic) bond motifs is 1. The number of ether oxygens (including phenoxy) is 1. The topological polar surface area (TPSA) is 75.1 Å². The van der Waals surface area contributed by atoms with Crippen LogP contribution in [0.4, 0.5) is 0 Å². The fraction of sp³-hybridized carbons (Fsp3) is 0.300. The predicted molar refractivity (Wildman–Crippen MR) is 54.0 cm³/mol. The minimum Gasteiger partial charge on any atom is -0.490 e. The van der Waals surface area contributed by atoms with Gasteiger partial charge in [0.1, 0.15) is 18.1 Å². The van der Waals surface area contributed by atoms with Crippen LogP contribution in [0, 0.1) is 0 Å². The van der Waals surface area contributed by atoms with Crippen LogP contribution in [0.1, 0.15) is 15.9 Å². The van der Waals surface area contributed by atoms with Crippen molar-refractivity contribution < 1.29 is 9.53 Å². The van der Waals surface area contributed by atoms with E-state index in [1.165, 1.54) is 0 Å². The molecule has 1 unspecified atom stereocenters. The number of hydrogen-bond donors (Lipinski definition) is 0. The van der Waals surface area contributed by atoms with Crippen LogP contribution in [0.15, 0.2) is 23.3 Å². The molecule has 0 fully saturated rings. The van der Waals surface area contributed by atoms with E-state index in [0.29, 0.717) is 18.5 Å². The fourth-order valence-corrected chi connectivity index (χ4v) is 1.64. The summed E-state index contributed by atoms with van der Waals surface area (Å²) in [7, 11) is 0. The lowest BCUT2D eigenvalue weighted by Crippen LogP contribution is -2.16. The summed E-state index contributed by atoms with van der Waals surface area (Å²) < 4.78 is 5.53. The molecule has 0 bridgehead atoms. The van der Waals surface area contributed by atoms with Crippen LogP contribution in [0.5, 0.6) is 5.75 Å². The van der Waals surface area contributed by atoms with E-state index in [-0.39, 0.29) is 6.10 Å². The van der Waals surface area contributed by atoms with Gasteiger partial charge in [0.05, 0.1) is 6.54 Å². The predicted octanol–water partition coefficient (Wildman–Crippen LogP) is 2.11. The fourth-order valence-electron chi connectivity index (χ4n) is 1.64. The molecule has 1 aliphatic heterocycles. The van der Waals surface area contributed by atoms with E-state index in [9.17, 15) is 4.79 Å². The second-order valence-corrected chi connectivity index (χ2v) is 3.34. The molecule has 1 heterocycles. The zero-order valence-corrected chi connectivity index (χ0v) is 7.96. The van der Waals surface area contributed by atoms with Crippen LogP contribution in [-0.2, 0) is 6.42 Å². The van der Waals surface area contributed by atoms with Crippen molar-refractivity contribution in [2.24, 2.45) is 5.11 Å². The Morgan fingerprint density at radius 1 is 1.67 bits per heavy atom. The molecule has 1 aliphatic rings. The second-order valence-electron chi connectivity index (χ2n) is 3.34. The van der Waals surface area contributed by atoms with Crippen molar-refractivity contribution in [2.75, 3.05) is 6.54 Å². The van der Waals surface area contributed by atoms with Gasteiger partial charge in [0, 0.05) is 16.9 Å². The molecule has 0 aromatic heterocycles. The summed E-state index contributed by atoms with van der Waals surface area (Å²) in [4.78, 5) is 13.2. The van der Waals surface area contributed by atoms with Crippen molar-refractivity contribution in [3.63, 3.8) is 0 Å². The quantitative estimate of drug-likeness (QED) is 0.326. The highest BCUT2D eigenvalue weighted by Crippen LogP contribution is 2.29. The van der Waals surface area contributed by atoms with E-state index in [2.05, 4.69) is 10.0 Å². The lowest BCUT2D eigenvalue weighted by Gasteiger charge is -2.05. The first kappa shape index (κ1) is 9.55. The highest BCUT2D eigenvalue weighted by atomic mass is 16.5. The molecule has 76 valence electrons. The number of carbonyl (C=O) groups is 1. The molecule has 1 aromatic carbocycles. The lowest BCUT2D eigenvalue weighted by atomic mass is 10.1. The minimum absolute atomic E-state index is 0.0993. The Hall–Kier alpha value is -2.00. The number of benzene rings is 1. The van der Waals surface area contributed by atoms with Gasteiger partial charge in [-0.2, -0.15) is 0 Å². The van der Waals surface area contributed by atoms with Crippen LogP contribution in [-0.4, -0.2) is 18.9 Å². The highest BCUT2D eigenvalue weighted by Gasteiger charge is 2.22. The zero-order valence-electron chi connectivity index (χ0n) is 7.96. The molecule has 5 heteroatoms. The van der Waals surface area contributed by atoms with Crippen LogP contribution in [0.3, 0.4) is 0 Å². The maximum atomic E-state index is 10.6. The standard InChI is InChI=1S/C10H9N3O2/c11-13-12-5-9-4-8-3-7(6-14)1-2-10(8)15-9/h1-3,6,9H,4-5H2. The number of carbonyl (C=O) groups excluding carboxylic acids is 1. The molecule has 0 spiro atoms. The van der Waals surface area contributed by atoms with Crippen molar-refractivity contribution in [2.45, 2.75) is 12.5 Å². The van der Waals surface area contributed by atoms with Crippen LogP contribution < -0.4 is 4.74 Å². The Balaban J connectivity index is 2.16. The maximum absolute atomic E-state index is 10.6. The van der Waals surface area contributed by atoms with Crippen molar-refractivity contribution in [3.8, 4) is 5.75 Å². The second kappa shape index (κ2) is 4.02. The number of rotatable bonds is 3. The number of azide groups is 1. The third-order valence-corrected chi connectivity index (χ3v) is 2.31. The van der Waals surface area contributed by atoms with Crippen molar-refractivity contribution >= 4 is 6.29 Å². The minimum atomic E-state index is -0.0993. The molecule has 0 aliphatic carbocycles. The maximum Gasteiger partial charge on any atom is 0.150 e. The van der Waals surface area contributed by atoms with Crippen LogP contribution >= 0.6 is 0 Å². The summed E-state index contributed by atoms with van der Waals surface area (Å²) in [5, 5.41) is 3.47. The number of hydrogen-bond acceptors (Lipinski definition) is 3. The van der Waals surface area contributed by atoms with Gasteiger partial charge >= 0.3 is 0 Å². The Bertz CT molecular complexity index is 438. The first-order chi connectivity index (χ1) is 7.33. The molecular formula is C10H9N3O2. The van der Waals surface area contributed by atoms with Crippen LogP contribution in [0.25, 0.3) is 10.4 Å². The Labute approximate surface area is 86.3 Å². The lowest BCUT2D eigenvalue weighted by molar-refractivity contribution is 0.112. The molecular weight excluding hydrogens is 194 g/mol. The van der Waals surface area contributed by atoms with Gasteiger partial charge in [-0.05, 0) is 29.3 Å². The molecule has 1 atom stereocenters. The number of nitrogens with zero attached hydrogens (tertiary/aromatic N) is 3. The molecule has 2 rings (SSSR count). The summed E-state index contributed by atoms with van der Waals surface area (Å²) in [6.07, 6.45) is 1.40. The van der Waals surface area contributed by atoms with Gasteiger partial charge < -0.3 is 4.74 Å². The van der Waals surface area contributed by atoms with Gasteiger partial charge in [0.15, 0.2) is 0 Å². The molecule has 1 aromatic rings. The monoisotopic (exact) mass is 203 g/mol. The van der Waals surface area contributed by atoms with Gasteiger partial charge in [0.25, 0.3) is 0 Å². The van der Waals surface area contributed by atoms with Gasteiger partial charge in [-0.15, -0.1) is 0 Å². The smallest absolute Gasteiger partial charge is 0.150 e. The Kier molecular flexibility index (Phi) is 2.56. The first-order valence-electron chi connectivity index (χ1n) is 4.59. The van der Waals surface area contributed by atoms with Crippen molar-refractivity contribution in [3.05, 3.63) is 39.8 Å². The van der Waals surface area contributed by atoms with Crippen LogP contribution in [0.2, 0.25) is 0 Å². The zero-order chi connectivity index (χ0) is 10.7. The molecule has 15 heavy (non-hydrogen) atoms. The van der Waals surface area contributed by atoms with Gasteiger partial charge in [-0.3, -0.25) is 4.79 Å². The molecule has 0 amide bonds. The molecule has 0 saturated heterocycles. The Morgan fingerprint density at radius 3 is 3.27 bits per heavy atom. The molecule has 0 radical (unpaired) electrons. The first-order valence-corrected chi connectivity index (χ1v) is 4.59. The Morgan fingerprint density at radius 2 is 2.53 bits per heavy atom. The summed E-state index contributed by atoms with van der Waals surface area (Å²) >= 11 is 0. The van der Waals surface area contributed by atoms with E-state index < -0.39 is 0 Å². The van der Waals surface area contributed by atoms with Gasteiger partial charge in [-0.25, -0.2) is 0 Å². The van der Waals surface area contributed by atoms with Gasteiger partial charge in [0.2, 0.25) is 0 Å². The third-order valence-electron chi connectivity index (χ3n) is 2.31. The van der Waals surface area contributed by atoms with Gasteiger partial charge in [-0.1, -0.05) is 5.11 Å². The molecule has 0 N–H and O–H groups in total. The average molecular weight is 203 g/mol. The summed E-state index contributed by atoms with van der Waals surface area (Å²) in [6.45, 7) is 0.321. The van der Waals surface area contributed by atoms with E-state index in [1.54, 1.807) is 18.2 Å². The SMILES string of the molecule is [N-]=[N+]=NCC1Cc2cc(C=O)ccc2O1. The summed E-state index contributed by atoms with van der Waals surface area (Å²) in [6, 6.07) is 5.29. The largest absolute Gasteiger partial charge is 0.490 e. The number of aldehydes is 1. The van der Waals surface area contributed by atoms with E-state index >= 15 is 0 Å². The van der Waals surface area contributed by atoms with E-state index in [0.717, 1.165) is 17.6 Å².